The first-order chi connectivity index (χ1) is 21.8. The van der Waals surface area contributed by atoms with Crippen LogP contribution in [0.2, 0.25) is 0 Å². The van der Waals surface area contributed by atoms with Crippen LogP contribution < -0.4 is 16.0 Å². The highest BCUT2D eigenvalue weighted by molar-refractivity contribution is 8.00. The molecular weight excluding hydrogens is 579 g/mol. The number of amides is 3. The Hall–Kier alpha value is -5.40. The minimum Gasteiger partial charge on any atom is -0.325 e. The minimum absolute atomic E-state index is 0.0993. The zero-order chi connectivity index (χ0) is 31.6. The van der Waals surface area contributed by atoms with Crippen molar-refractivity contribution >= 4 is 46.9 Å². The van der Waals surface area contributed by atoms with E-state index < -0.39 is 11.8 Å². The highest BCUT2D eigenvalue weighted by Crippen LogP contribution is 2.24. The lowest BCUT2D eigenvalue weighted by atomic mass is 10.0. The Kier molecular flexibility index (Phi) is 10.2. The highest BCUT2D eigenvalue weighted by atomic mass is 32.2. The third-order valence-electron chi connectivity index (χ3n) is 6.98. The summed E-state index contributed by atoms with van der Waals surface area (Å²) in [5, 5.41) is 8.65. The van der Waals surface area contributed by atoms with E-state index >= 15 is 0 Å². The molecule has 0 aliphatic heterocycles. The molecule has 0 aromatic heterocycles. The molecule has 6 nitrogen and oxygen atoms in total. The van der Waals surface area contributed by atoms with Gasteiger partial charge >= 0.3 is 0 Å². The van der Waals surface area contributed by atoms with Crippen LogP contribution in [0, 0.1) is 13.8 Å². The topological polar surface area (TPSA) is 87.3 Å². The molecule has 0 spiro atoms. The van der Waals surface area contributed by atoms with E-state index in [0.29, 0.717) is 11.3 Å². The van der Waals surface area contributed by atoms with E-state index in [0.717, 1.165) is 38.4 Å². The number of carbonyl (C=O) groups excluding carboxylic acids is 3. The summed E-state index contributed by atoms with van der Waals surface area (Å²) in [4.78, 5) is 40.0. The van der Waals surface area contributed by atoms with Gasteiger partial charge in [0.05, 0.1) is 5.75 Å². The molecule has 0 heterocycles. The largest absolute Gasteiger partial charge is 0.325 e. The molecule has 5 rings (SSSR count). The standard InChI is InChI=1S/C38H33N3O3S/c1-26-16-21-34(27(2)22-26)40-36(42)25-45-33-15-9-14-32(24-33)39-38(44)35(41-37(43)31-12-7-4-8-13-31)23-28-17-19-30(20-18-28)29-10-5-3-6-11-29/h3-24H,25H2,1-2H3,(H,39,44)(H,40,42)(H,41,43)/b35-23+. The summed E-state index contributed by atoms with van der Waals surface area (Å²) in [5.74, 6) is -0.770. The lowest BCUT2D eigenvalue weighted by molar-refractivity contribution is -0.114. The highest BCUT2D eigenvalue weighted by Gasteiger charge is 2.16. The SMILES string of the molecule is Cc1ccc(NC(=O)CSc2cccc(NC(=O)/C(=C\c3ccc(-c4ccccc4)cc3)NC(=O)c3ccccc3)c2)c(C)c1. The van der Waals surface area contributed by atoms with Crippen LogP contribution in [0.25, 0.3) is 17.2 Å². The van der Waals surface area contributed by atoms with Crippen LogP contribution in [-0.4, -0.2) is 23.5 Å². The second-order valence-electron chi connectivity index (χ2n) is 10.5. The van der Waals surface area contributed by atoms with E-state index in [1.807, 2.05) is 105 Å². The molecule has 0 saturated carbocycles. The molecule has 3 N–H and O–H groups in total. The molecule has 0 atom stereocenters. The number of rotatable bonds is 10. The summed E-state index contributed by atoms with van der Waals surface area (Å²) >= 11 is 1.37. The first-order valence-electron chi connectivity index (χ1n) is 14.5. The summed E-state index contributed by atoms with van der Waals surface area (Å²) in [7, 11) is 0. The molecule has 0 fully saturated rings. The fraction of sp³-hybridized carbons (Fsp3) is 0.0789. The zero-order valence-corrected chi connectivity index (χ0v) is 25.9. The van der Waals surface area contributed by atoms with E-state index in [2.05, 4.69) is 16.0 Å². The van der Waals surface area contributed by atoms with Gasteiger partial charge in [0.2, 0.25) is 5.91 Å². The molecule has 45 heavy (non-hydrogen) atoms. The number of thioether (sulfide) groups is 1. The Bertz CT molecular complexity index is 1840. The van der Waals surface area contributed by atoms with Gasteiger partial charge in [-0.05, 0) is 78.6 Å². The molecule has 5 aromatic rings. The van der Waals surface area contributed by atoms with Crippen molar-refractivity contribution in [1.82, 2.24) is 5.32 Å². The molecule has 0 saturated heterocycles. The monoisotopic (exact) mass is 611 g/mol. The average Bonchev–Trinajstić information content (AvgIpc) is 3.06. The van der Waals surface area contributed by atoms with Crippen LogP contribution in [0.3, 0.4) is 0 Å². The molecule has 3 amide bonds. The second-order valence-corrected chi connectivity index (χ2v) is 11.6. The second kappa shape index (κ2) is 14.9. The van der Waals surface area contributed by atoms with E-state index in [1.54, 1.807) is 42.5 Å². The fourth-order valence-corrected chi connectivity index (χ4v) is 5.42. The Morgan fingerprint density at radius 3 is 2.09 bits per heavy atom. The first-order valence-corrected chi connectivity index (χ1v) is 15.5. The van der Waals surface area contributed by atoms with Gasteiger partial charge in [-0.25, -0.2) is 0 Å². The van der Waals surface area contributed by atoms with Crippen molar-refractivity contribution in [3.8, 4) is 11.1 Å². The summed E-state index contributed by atoms with van der Waals surface area (Å²) in [6.45, 7) is 3.98. The van der Waals surface area contributed by atoms with E-state index in [1.165, 1.54) is 11.8 Å². The number of anilines is 2. The summed E-state index contributed by atoms with van der Waals surface area (Å²) in [5.41, 5.74) is 6.90. The number of aryl methyl sites for hydroxylation is 2. The van der Waals surface area contributed by atoms with Gasteiger partial charge in [-0.3, -0.25) is 14.4 Å². The molecule has 7 heteroatoms. The number of benzene rings is 5. The number of hydrogen-bond acceptors (Lipinski definition) is 4. The van der Waals surface area contributed by atoms with Gasteiger partial charge in [0, 0.05) is 21.8 Å². The van der Waals surface area contributed by atoms with Gasteiger partial charge in [0.15, 0.2) is 0 Å². The predicted molar refractivity (Wildman–Crippen MR) is 184 cm³/mol. The maximum absolute atomic E-state index is 13.5. The third-order valence-corrected chi connectivity index (χ3v) is 7.97. The molecular formula is C38H33N3O3S. The lowest BCUT2D eigenvalue weighted by Crippen LogP contribution is -2.30. The van der Waals surface area contributed by atoms with Crippen LogP contribution in [0.4, 0.5) is 11.4 Å². The lowest BCUT2D eigenvalue weighted by Gasteiger charge is -2.13. The quantitative estimate of drug-likeness (QED) is 0.110. The van der Waals surface area contributed by atoms with Crippen molar-refractivity contribution in [2.45, 2.75) is 18.7 Å². The van der Waals surface area contributed by atoms with Gasteiger partial charge < -0.3 is 16.0 Å². The zero-order valence-electron chi connectivity index (χ0n) is 25.0. The first kappa shape index (κ1) is 31.0. The molecule has 0 aliphatic rings. The van der Waals surface area contributed by atoms with Crippen LogP contribution in [-0.2, 0) is 9.59 Å². The molecule has 224 valence electrons. The molecule has 0 bridgehead atoms. The van der Waals surface area contributed by atoms with Crippen LogP contribution in [0.1, 0.15) is 27.0 Å². The Morgan fingerprint density at radius 1 is 0.689 bits per heavy atom. The third kappa shape index (κ3) is 8.81. The van der Waals surface area contributed by atoms with E-state index in [9.17, 15) is 14.4 Å². The van der Waals surface area contributed by atoms with Crippen molar-refractivity contribution in [3.63, 3.8) is 0 Å². The maximum Gasteiger partial charge on any atom is 0.272 e. The Morgan fingerprint density at radius 2 is 1.38 bits per heavy atom. The molecule has 0 aliphatic carbocycles. The minimum atomic E-state index is -0.471. The van der Waals surface area contributed by atoms with E-state index in [-0.39, 0.29) is 17.4 Å². The Labute approximate surface area is 267 Å². The molecule has 0 unspecified atom stereocenters. The van der Waals surface area contributed by atoms with Gasteiger partial charge in [-0.1, -0.05) is 96.6 Å². The van der Waals surface area contributed by atoms with Crippen molar-refractivity contribution in [1.29, 1.82) is 0 Å². The normalized spacial score (nSPS) is 11.0. The average molecular weight is 612 g/mol. The van der Waals surface area contributed by atoms with Gasteiger partial charge in [0.25, 0.3) is 11.8 Å². The van der Waals surface area contributed by atoms with E-state index in [4.69, 9.17) is 0 Å². The number of carbonyl (C=O) groups is 3. The number of hydrogen-bond donors (Lipinski definition) is 3. The smallest absolute Gasteiger partial charge is 0.272 e. The summed E-state index contributed by atoms with van der Waals surface area (Å²) in [6.07, 6.45) is 1.65. The van der Waals surface area contributed by atoms with Gasteiger partial charge in [0.1, 0.15) is 5.70 Å². The van der Waals surface area contributed by atoms with Crippen molar-refractivity contribution < 1.29 is 14.4 Å². The maximum atomic E-state index is 13.5. The predicted octanol–water partition coefficient (Wildman–Crippen LogP) is 8.11. The van der Waals surface area contributed by atoms with Crippen LogP contribution >= 0.6 is 11.8 Å². The van der Waals surface area contributed by atoms with Crippen molar-refractivity contribution in [2.75, 3.05) is 16.4 Å². The molecule has 0 radical (unpaired) electrons. The summed E-state index contributed by atoms with van der Waals surface area (Å²) in [6, 6.07) is 39.7. The van der Waals surface area contributed by atoms with Crippen molar-refractivity contribution in [3.05, 3.63) is 155 Å². The van der Waals surface area contributed by atoms with Gasteiger partial charge in [-0.15, -0.1) is 11.8 Å². The fourth-order valence-electron chi connectivity index (χ4n) is 4.66. The number of nitrogens with one attached hydrogen (secondary N) is 3. The van der Waals surface area contributed by atoms with Crippen LogP contribution in [0.15, 0.2) is 138 Å². The van der Waals surface area contributed by atoms with Crippen LogP contribution in [0.5, 0.6) is 0 Å². The molecule has 5 aromatic carbocycles. The Balaban J connectivity index is 1.29. The van der Waals surface area contributed by atoms with Crippen molar-refractivity contribution in [2.24, 2.45) is 0 Å². The summed E-state index contributed by atoms with van der Waals surface area (Å²) < 4.78 is 0. The van der Waals surface area contributed by atoms with Gasteiger partial charge in [-0.2, -0.15) is 0 Å².